The predicted molar refractivity (Wildman–Crippen MR) is 64.2 cm³/mol. The van der Waals surface area contributed by atoms with E-state index >= 15 is 0 Å². The van der Waals surface area contributed by atoms with Gasteiger partial charge in [-0.05, 0) is 29.4 Å². The van der Waals surface area contributed by atoms with E-state index in [0.717, 1.165) is 6.42 Å². The summed E-state index contributed by atoms with van der Waals surface area (Å²) in [5.74, 6) is 0.170. The van der Waals surface area contributed by atoms with E-state index in [0.29, 0.717) is 9.87 Å². The molecule has 0 spiro atoms. The molecule has 0 bridgehead atoms. The molecule has 0 radical (unpaired) electrons. The largest absolute Gasteiger partial charge is 0.516 e. The van der Waals surface area contributed by atoms with Crippen molar-refractivity contribution in [3.05, 3.63) is 29.8 Å². The first-order valence-corrected chi connectivity index (χ1v) is 7.29. The number of sulfonamides is 1. The molecule has 3 rings (SSSR count). The monoisotopic (exact) mass is 291 g/mol. The highest BCUT2D eigenvalue weighted by molar-refractivity contribution is 7.93. The van der Waals surface area contributed by atoms with Gasteiger partial charge >= 0.3 is 15.5 Å². The number of benzene rings is 1. The maximum atomic E-state index is 12.7. The zero-order chi connectivity index (χ0) is 14.1. The summed E-state index contributed by atoms with van der Waals surface area (Å²) in [7, 11) is -5.32. The number of rotatable bonds is 1. The predicted octanol–water partition coefficient (Wildman–Crippen LogP) is 2.85. The molecule has 19 heavy (non-hydrogen) atoms. The van der Waals surface area contributed by atoms with Crippen LogP contribution < -0.4 is 4.31 Å². The fourth-order valence-electron chi connectivity index (χ4n) is 2.83. The van der Waals surface area contributed by atoms with Crippen LogP contribution in [-0.4, -0.2) is 20.5 Å². The molecule has 2 atom stereocenters. The molecule has 1 aromatic rings. The molecule has 0 amide bonds. The lowest BCUT2D eigenvalue weighted by Gasteiger charge is -2.33. The minimum atomic E-state index is -5.32. The van der Waals surface area contributed by atoms with Crippen molar-refractivity contribution in [3.8, 4) is 0 Å². The van der Waals surface area contributed by atoms with Gasteiger partial charge in [-0.1, -0.05) is 25.1 Å². The summed E-state index contributed by atoms with van der Waals surface area (Å²) >= 11 is 0. The highest BCUT2D eigenvalue weighted by Gasteiger charge is 2.61. The van der Waals surface area contributed by atoms with E-state index in [1.54, 1.807) is 18.2 Å². The summed E-state index contributed by atoms with van der Waals surface area (Å²) in [5.41, 5.74) is -4.77. The lowest BCUT2D eigenvalue weighted by Crippen LogP contribution is -2.45. The van der Waals surface area contributed by atoms with E-state index in [4.69, 9.17) is 0 Å². The zero-order valence-electron chi connectivity index (χ0n) is 10.1. The molecule has 2 aliphatic rings. The van der Waals surface area contributed by atoms with Gasteiger partial charge in [-0.25, -0.2) is 0 Å². The lowest BCUT2D eigenvalue weighted by molar-refractivity contribution is -0.0439. The number of nitrogens with zero attached hydrogens (tertiary/aromatic N) is 1. The molecule has 1 saturated carbocycles. The topological polar surface area (TPSA) is 37.4 Å². The van der Waals surface area contributed by atoms with E-state index in [9.17, 15) is 21.6 Å². The molecule has 7 heteroatoms. The third-order valence-electron chi connectivity index (χ3n) is 4.02. The van der Waals surface area contributed by atoms with Crippen molar-refractivity contribution in [3.63, 3.8) is 0 Å². The third-order valence-corrected chi connectivity index (χ3v) is 5.51. The number of para-hydroxylation sites is 1. The van der Waals surface area contributed by atoms with Crippen LogP contribution in [0.5, 0.6) is 0 Å². The van der Waals surface area contributed by atoms with Crippen molar-refractivity contribution in [2.24, 2.45) is 5.41 Å². The first-order chi connectivity index (χ1) is 8.67. The maximum absolute atomic E-state index is 12.7. The van der Waals surface area contributed by atoms with Crippen molar-refractivity contribution < 1.29 is 21.6 Å². The average molecular weight is 291 g/mol. The summed E-state index contributed by atoms with van der Waals surface area (Å²) in [4.78, 5) is 0. The lowest BCUT2D eigenvalue weighted by atomic mass is 9.96. The van der Waals surface area contributed by atoms with E-state index in [1.807, 2.05) is 6.92 Å². The number of halogens is 3. The number of anilines is 1. The quantitative estimate of drug-likeness (QED) is 0.798. The Bertz CT molecular complexity index is 641. The van der Waals surface area contributed by atoms with Crippen molar-refractivity contribution in [2.45, 2.75) is 24.8 Å². The fourth-order valence-corrected chi connectivity index (χ4v) is 3.97. The summed E-state index contributed by atoms with van der Waals surface area (Å²) in [6.07, 6.45) is 0.730. The van der Waals surface area contributed by atoms with Crippen LogP contribution in [0.15, 0.2) is 24.3 Å². The molecule has 0 aromatic heterocycles. The average Bonchev–Trinajstić information content (AvgIpc) is 2.99. The Morgan fingerprint density at radius 2 is 1.95 bits per heavy atom. The van der Waals surface area contributed by atoms with Crippen molar-refractivity contribution >= 4 is 15.7 Å². The van der Waals surface area contributed by atoms with Crippen LogP contribution in [0.3, 0.4) is 0 Å². The molecule has 0 saturated heterocycles. The Morgan fingerprint density at radius 1 is 1.32 bits per heavy atom. The third kappa shape index (κ3) is 1.67. The van der Waals surface area contributed by atoms with E-state index < -0.39 is 15.5 Å². The normalized spacial score (nSPS) is 29.7. The molecule has 104 valence electrons. The minimum Gasteiger partial charge on any atom is -0.262 e. The smallest absolute Gasteiger partial charge is 0.262 e. The minimum absolute atomic E-state index is 0.101. The van der Waals surface area contributed by atoms with Gasteiger partial charge in [0.25, 0.3) is 0 Å². The van der Waals surface area contributed by atoms with Gasteiger partial charge in [-0.15, -0.1) is 0 Å². The fraction of sp³-hybridized carbons (Fsp3) is 0.500. The molecule has 1 aliphatic carbocycles. The Balaban J connectivity index is 2.15. The summed E-state index contributed by atoms with van der Waals surface area (Å²) in [6.45, 7) is 1.73. The Kier molecular flexibility index (Phi) is 2.32. The SMILES string of the molecule is C[C@]12C[C@H]1c1ccccc1N(S(=O)(=O)C(F)(F)F)C2. The molecule has 1 fully saturated rings. The van der Waals surface area contributed by atoms with Crippen LogP contribution >= 0.6 is 0 Å². The standard InChI is InChI=1S/C12H12F3NO2S/c1-11-6-9(11)8-4-2-3-5-10(8)16(7-11)19(17,18)12(13,14)15/h2-5,9H,6-7H2,1H3/t9-,11+/m0/s1. The number of hydrogen-bond acceptors (Lipinski definition) is 2. The van der Waals surface area contributed by atoms with Crippen LogP contribution in [0.1, 0.15) is 24.8 Å². The van der Waals surface area contributed by atoms with Gasteiger partial charge in [0.2, 0.25) is 0 Å². The summed E-state index contributed by atoms with van der Waals surface area (Å²) < 4.78 is 62.1. The van der Waals surface area contributed by atoms with Crippen molar-refractivity contribution in [2.75, 3.05) is 10.8 Å². The van der Waals surface area contributed by atoms with Gasteiger partial charge in [-0.2, -0.15) is 21.6 Å². The van der Waals surface area contributed by atoms with E-state index in [2.05, 4.69) is 0 Å². The zero-order valence-corrected chi connectivity index (χ0v) is 10.9. The van der Waals surface area contributed by atoms with Gasteiger partial charge < -0.3 is 0 Å². The number of hydrogen-bond donors (Lipinski definition) is 0. The van der Waals surface area contributed by atoms with Crippen LogP contribution in [0.25, 0.3) is 0 Å². The second-order valence-electron chi connectivity index (χ2n) is 5.43. The molecule has 1 aliphatic heterocycles. The van der Waals surface area contributed by atoms with Gasteiger partial charge in [0, 0.05) is 6.54 Å². The highest BCUT2D eigenvalue weighted by atomic mass is 32.2. The highest BCUT2D eigenvalue weighted by Crippen LogP contribution is 2.64. The first kappa shape index (κ1) is 12.8. The van der Waals surface area contributed by atoms with Gasteiger partial charge in [-0.3, -0.25) is 4.31 Å². The van der Waals surface area contributed by atoms with Crippen molar-refractivity contribution in [1.82, 2.24) is 0 Å². The van der Waals surface area contributed by atoms with E-state index in [-0.39, 0.29) is 23.6 Å². The summed E-state index contributed by atoms with van der Waals surface area (Å²) in [5, 5.41) is 0. The molecular weight excluding hydrogens is 279 g/mol. The summed E-state index contributed by atoms with van der Waals surface area (Å²) in [6, 6.07) is 6.43. The Hall–Kier alpha value is -1.24. The Morgan fingerprint density at radius 3 is 2.58 bits per heavy atom. The Labute approximate surface area is 109 Å². The number of alkyl halides is 3. The van der Waals surface area contributed by atoms with Gasteiger partial charge in [0.15, 0.2) is 0 Å². The van der Waals surface area contributed by atoms with Gasteiger partial charge in [0.05, 0.1) is 5.69 Å². The molecule has 0 unspecified atom stereocenters. The second kappa shape index (κ2) is 3.45. The first-order valence-electron chi connectivity index (χ1n) is 5.85. The van der Waals surface area contributed by atoms with Crippen molar-refractivity contribution in [1.29, 1.82) is 0 Å². The van der Waals surface area contributed by atoms with E-state index in [1.165, 1.54) is 6.07 Å². The van der Waals surface area contributed by atoms with Gasteiger partial charge in [0.1, 0.15) is 0 Å². The van der Waals surface area contributed by atoms with Crippen LogP contribution in [0.4, 0.5) is 18.9 Å². The number of fused-ring (bicyclic) bond motifs is 3. The molecule has 3 nitrogen and oxygen atoms in total. The second-order valence-corrected chi connectivity index (χ2v) is 7.28. The van der Waals surface area contributed by atoms with Crippen LogP contribution in [-0.2, 0) is 10.0 Å². The van der Waals surface area contributed by atoms with Crippen LogP contribution in [0, 0.1) is 5.41 Å². The maximum Gasteiger partial charge on any atom is 0.516 e. The molecular formula is C12H12F3NO2S. The molecule has 1 heterocycles. The van der Waals surface area contributed by atoms with Crippen LogP contribution in [0.2, 0.25) is 0 Å². The molecule has 1 aromatic carbocycles. The molecule has 0 N–H and O–H groups in total.